The van der Waals surface area contributed by atoms with Crippen LogP contribution in [0.5, 0.6) is 0 Å². The van der Waals surface area contributed by atoms with Crippen molar-refractivity contribution in [2.75, 3.05) is 39.2 Å². The van der Waals surface area contributed by atoms with E-state index in [-0.39, 0.29) is 12.7 Å². The van der Waals surface area contributed by atoms with Crippen LogP contribution in [-0.4, -0.2) is 64.2 Å². The second-order valence-electron chi connectivity index (χ2n) is 6.87. The number of likely N-dealkylation sites (tertiary alicyclic amines) is 1. The van der Waals surface area contributed by atoms with E-state index in [4.69, 9.17) is 9.47 Å². The molecule has 136 valence electrons. The van der Waals surface area contributed by atoms with Crippen molar-refractivity contribution in [2.24, 2.45) is 5.92 Å². The second kappa shape index (κ2) is 8.84. The molecule has 0 aromatic heterocycles. The summed E-state index contributed by atoms with van der Waals surface area (Å²) in [5, 5.41) is 0. The number of hydrogen-bond acceptors (Lipinski definition) is 6. The number of piperidine rings is 1. The van der Waals surface area contributed by atoms with Crippen molar-refractivity contribution >= 4 is 16.2 Å². The number of ether oxygens (including phenoxy) is 2. The molecule has 1 saturated heterocycles. The van der Waals surface area contributed by atoms with Crippen molar-refractivity contribution in [1.29, 1.82) is 0 Å². The van der Waals surface area contributed by atoms with Gasteiger partial charge in [0.05, 0.1) is 12.9 Å². The van der Waals surface area contributed by atoms with Crippen LogP contribution < -0.4 is 0 Å². The number of hydrogen-bond donors (Lipinski definition) is 0. The highest BCUT2D eigenvalue weighted by Crippen LogP contribution is 2.20. The van der Waals surface area contributed by atoms with E-state index < -0.39 is 15.7 Å². The average Bonchev–Trinajstić information content (AvgIpc) is 2.40. The molecule has 1 amide bonds. The Balaban J connectivity index is 2.11. The van der Waals surface area contributed by atoms with Gasteiger partial charge in [-0.05, 0) is 46.0 Å². The zero-order valence-corrected chi connectivity index (χ0v) is 15.4. The van der Waals surface area contributed by atoms with Gasteiger partial charge in [-0.2, -0.15) is 8.42 Å². The molecule has 0 aromatic carbocycles. The molecule has 0 saturated carbocycles. The van der Waals surface area contributed by atoms with Crippen LogP contribution in [-0.2, 0) is 23.8 Å². The predicted octanol–water partition coefficient (Wildman–Crippen LogP) is 2.02. The third-order valence-corrected chi connectivity index (χ3v) is 3.95. The normalized spacial score (nSPS) is 17.3. The average molecular weight is 351 g/mol. The number of nitrogens with zero attached hydrogens (tertiary/aromatic N) is 1. The number of carbonyl (C=O) groups is 1. The Bertz CT molecular complexity index is 463. The molecule has 1 fully saturated rings. The Morgan fingerprint density at radius 2 is 1.78 bits per heavy atom. The highest BCUT2D eigenvalue weighted by atomic mass is 32.2. The molecule has 0 aromatic rings. The predicted molar refractivity (Wildman–Crippen MR) is 86.8 cm³/mol. The van der Waals surface area contributed by atoms with E-state index in [1.54, 1.807) is 4.90 Å². The van der Waals surface area contributed by atoms with Crippen LogP contribution in [0, 0.1) is 5.92 Å². The maximum absolute atomic E-state index is 11.9. The first-order valence-corrected chi connectivity index (χ1v) is 9.78. The monoisotopic (exact) mass is 351 g/mol. The van der Waals surface area contributed by atoms with Crippen LogP contribution in [0.1, 0.15) is 40.0 Å². The topological polar surface area (TPSA) is 82.1 Å². The smallest absolute Gasteiger partial charge is 0.410 e. The van der Waals surface area contributed by atoms with Gasteiger partial charge in [-0.3, -0.25) is 4.18 Å². The van der Waals surface area contributed by atoms with E-state index in [1.165, 1.54) is 0 Å². The van der Waals surface area contributed by atoms with Gasteiger partial charge < -0.3 is 14.4 Å². The molecule has 0 radical (unpaired) electrons. The van der Waals surface area contributed by atoms with Crippen LogP contribution in [0.3, 0.4) is 0 Å². The van der Waals surface area contributed by atoms with E-state index in [0.717, 1.165) is 19.1 Å². The molecule has 0 atom stereocenters. The molecule has 0 spiro atoms. The molecule has 1 aliphatic rings. The Labute approximate surface area is 139 Å². The van der Waals surface area contributed by atoms with E-state index in [1.807, 2.05) is 20.8 Å². The van der Waals surface area contributed by atoms with E-state index in [2.05, 4.69) is 4.18 Å². The molecular formula is C15H29NO6S. The molecular weight excluding hydrogens is 322 g/mol. The molecule has 0 N–H and O–H groups in total. The summed E-state index contributed by atoms with van der Waals surface area (Å²) in [7, 11) is -3.36. The summed E-state index contributed by atoms with van der Waals surface area (Å²) in [6.45, 7) is 8.19. The summed E-state index contributed by atoms with van der Waals surface area (Å²) < 4.78 is 37.1. The van der Waals surface area contributed by atoms with E-state index in [9.17, 15) is 13.2 Å². The van der Waals surface area contributed by atoms with Gasteiger partial charge in [-0.1, -0.05) is 0 Å². The molecule has 0 aliphatic carbocycles. The molecule has 1 rings (SSSR count). The van der Waals surface area contributed by atoms with Crippen LogP contribution in [0.25, 0.3) is 0 Å². The fourth-order valence-corrected chi connectivity index (χ4v) is 2.65. The molecule has 8 heteroatoms. The van der Waals surface area contributed by atoms with Gasteiger partial charge in [0, 0.05) is 26.3 Å². The summed E-state index contributed by atoms with van der Waals surface area (Å²) in [6.07, 6.45) is 3.10. The van der Waals surface area contributed by atoms with Gasteiger partial charge in [0.25, 0.3) is 10.1 Å². The summed E-state index contributed by atoms with van der Waals surface area (Å²) in [4.78, 5) is 13.7. The summed E-state index contributed by atoms with van der Waals surface area (Å²) in [6, 6.07) is 0. The van der Waals surface area contributed by atoms with Crippen molar-refractivity contribution in [3.8, 4) is 0 Å². The Hall–Kier alpha value is -0.860. The molecule has 1 aliphatic heterocycles. The van der Waals surface area contributed by atoms with Crippen LogP contribution in [0.15, 0.2) is 0 Å². The van der Waals surface area contributed by atoms with Crippen LogP contribution in [0.4, 0.5) is 4.79 Å². The Kier molecular flexibility index (Phi) is 7.76. The highest BCUT2D eigenvalue weighted by Gasteiger charge is 2.26. The first-order chi connectivity index (χ1) is 10.6. The van der Waals surface area contributed by atoms with Crippen molar-refractivity contribution in [2.45, 2.75) is 45.6 Å². The van der Waals surface area contributed by atoms with Crippen LogP contribution in [0.2, 0.25) is 0 Å². The lowest BCUT2D eigenvalue weighted by Crippen LogP contribution is -2.42. The summed E-state index contributed by atoms with van der Waals surface area (Å²) in [5.74, 6) is 0.421. The number of carbonyl (C=O) groups excluding carboxylic acids is 1. The fraction of sp³-hybridized carbons (Fsp3) is 0.933. The minimum Gasteiger partial charge on any atom is -0.444 e. The van der Waals surface area contributed by atoms with Gasteiger partial charge in [0.2, 0.25) is 0 Å². The SMILES string of the molecule is CC(C)(C)OC(=O)N1CCC(COCCCOS(C)(=O)=O)CC1. The van der Waals surface area contributed by atoms with Gasteiger partial charge in [-0.25, -0.2) is 4.79 Å². The van der Waals surface area contributed by atoms with Gasteiger partial charge in [0.1, 0.15) is 5.60 Å². The minimum atomic E-state index is -3.36. The minimum absolute atomic E-state index is 0.149. The van der Waals surface area contributed by atoms with Crippen molar-refractivity contribution in [3.63, 3.8) is 0 Å². The van der Waals surface area contributed by atoms with E-state index in [0.29, 0.717) is 38.6 Å². The summed E-state index contributed by atoms with van der Waals surface area (Å²) >= 11 is 0. The third-order valence-electron chi connectivity index (χ3n) is 3.35. The zero-order valence-electron chi connectivity index (χ0n) is 14.5. The van der Waals surface area contributed by atoms with E-state index >= 15 is 0 Å². The maximum Gasteiger partial charge on any atom is 0.410 e. The number of amides is 1. The van der Waals surface area contributed by atoms with Crippen LogP contribution >= 0.6 is 0 Å². The first kappa shape index (κ1) is 20.2. The largest absolute Gasteiger partial charge is 0.444 e. The second-order valence-corrected chi connectivity index (χ2v) is 8.51. The molecule has 23 heavy (non-hydrogen) atoms. The van der Waals surface area contributed by atoms with Gasteiger partial charge >= 0.3 is 6.09 Å². The van der Waals surface area contributed by atoms with Gasteiger partial charge in [0.15, 0.2) is 0 Å². The maximum atomic E-state index is 11.9. The highest BCUT2D eigenvalue weighted by molar-refractivity contribution is 7.85. The molecule has 0 unspecified atom stereocenters. The first-order valence-electron chi connectivity index (χ1n) is 7.97. The standard InChI is InChI=1S/C15H29NO6S/c1-15(2,3)22-14(17)16-8-6-13(7-9-16)12-20-10-5-11-21-23(4,18)19/h13H,5-12H2,1-4H3. The quantitative estimate of drug-likeness (QED) is 0.515. The van der Waals surface area contributed by atoms with Crippen molar-refractivity contribution < 1.29 is 26.9 Å². The lowest BCUT2D eigenvalue weighted by Gasteiger charge is -2.33. The third kappa shape index (κ3) is 9.78. The van der Waals surface area contributed by atoms with Crippen molar-refractivity contribution in [1.82, 2.24) is 4.90 Å². The fourth-order valence-electron chi connectivity index (χ4n) is 2.23. The summed E-state index contributed by atoms with van der Waals surface area (Å²) in [5.41, 5.74) is -0.467. The molecule has 1 heterocycles. The Morgan fingerprint density at radius 3 is 2.30 bits per heavy atom. The molecule has 7 nitrogen and oxygen atoms in total. The van der Waals surface area contributed by atoms with Gasteiger partial charge in [-0.15, -0.1) is 0 Å². The lowest BCUT2D eigenvalue weighted by atomic mass is 9.98. The number of rotatable bonds is 7. The Morgan fingerprint density at radius 1 is 1.17 bits per heavy atom. The zero-order chi connectivity index (χ0) is 17.5. The van der Waals surface area contributed by atoms with Crippen molar-refractivity contribution in [3.05, 3.63) is 0 Å². The molecule has 0 bridgehead atoms. The lowest BCUT2D eigenvalue weighted by molar-refractivity contribution is 0.0111.